The van der Waals surface area contributed by atoms with Crippen LogP contribution in [0, 0.1) is 5.92 Å². The van der Waals surface area contributed by atoms with Gasteiger partial charge >= 0.3 is 0 Å². The molecule has 0 aromatic rings. The fourth-order valence-electron chi connectivity index (χ4n) is 6.18. The third-order valence-corrected chi connectivity index (χ3v) is 8.99. The number of nitrogens with two attached hydrogens (primary N) is 1. The molecule has 0 aliphatic rings. The van der Waals surface area contributed by atoms with Crippen molar-refractivity contribution < 1.29 is 0 Å². The van der Waals surface area contributed by atoms with Gasteiger partial charge in [0, 0.05) is 0 Å². The van der Waals surface area contributed by atoms with Gasteiger partial charge in [0.25, 0.3) is 0 Å². The van der Waals surface area contributed by atoms with Crippen LogP contribution in [0.1, 0.15) is 232 Å². The zero-order chi connectivity index (χ0) is 28.3. The third-order valence-electron chi connectivity index (χ3n) is 8.99. The molecule has 0 saturated carbocycles. The highest BCUT2D eigenvalue weighted by Crippen LogP contribution is 2.17. The van der Waals surface area contributed by atoms with Gasteiger partial charge in [0.2, 0.25) is 0 Å². The Labute approximate surface area is 250 Å². The lowest BCUT2D eigenvalue weighted by Gasteiger charge is -2.05. The molecule has 0 aromatic heterocycles. The molecule has 0 saturated heterocycles. The fraction of sp³-hybridized carbons (Fsp3) is 1.00. The van der Waals surface area contributed by atoms with Crippen molar-refractivity contribution in [2.75, 3.05) is 6.54 Å². The Morgan fingerprint density at radius 3 is 0.564 bits per heavy atom. The molecule has 0 amide bonds. The van der Waals surface area contributed by atoms with E-state index in [9.17, 15) is 0 Å². The van der Waals surface area contributed by atoms with Crippen LogP contribution in [0.25, 0.3) is 0 Å². The van der Waals surface area contributed by atoms with Crippen molar-refractivity contribution in [2.24, 2.45) is 11.7 Å². The van der Waals surface area contributed by atoms with Gasteiger partial charge in [-0.15, -0.1) is 0 Å². The predicted molar refractivity (Wildman–Crippen MR) is 181 cm³/mol. The van der Waals surface area contributed by atoms with Crippen LogP contribution < -0.4 is 5.73 Å². The van der Waals surface area contributed by atoms with E-state index in [1.807, 2.05) is 0 Å². The molecule has 0 spiro atoms. The molecule has 39 heavy (non-hydrogen) atoms. The van der Waals surface area contributed by atoms with Crippen LogP contribution >= 0.6 is 0 Å². The van der Waals surface area contributed by atoms with Crippen LogP contribution in [0.2, 0.25) is 0 Å². The highest BCUT2D eigenvalue weighted by Gasteiger charge is 1.98. The maximum Gasteiger partial charge on any atom is -0.00773 e. The molecule has 0 heterocycles. The standard InChI is InChI=1S/C38H79N/c1-38(2)36-34-32-30-28-26-24-22-20-18-16-14-12-10-8-6-4-3-5-7-9-11-13-15-17-19-21-23-25-27-29-31-33-35-37-39/h38H,3-37,39H2,1-2H3. The first kappa shape index (κ1) is 39.0. The summed E-state index contributed by atoms with van der Waals surface area (Å²) in [6, 6.07) is 0. The summed E-state index contributed by atoms with van der Waals surface area (Å²) in [6.07, 6.45) is 49.8. The average molecular weight is 550 g/mol. The van der Waals surface area contributed by atoms with Crippen molar-refractivity contribution in [1.82, 2.24) is 0 Å². The zero-order valence-electron chi connectivity index (χ0n) is 27.9. The summed E-state index contributed by atoms with van der Waals surface area (Å²) in [4.78, 5) is 0. The first-order valence-corrected chi connectivity index (χ1v) is 19.0. The van der Waals surface area contributed by atoms with E-state index in [1.54, 1.807) is 0 Å². The minimum Gasteiger partial charge on any atom is -0.330 e. The van der Waals surface area contributed by atoms with Crippen molar-refractivity contribution in [3.8, 4) is 0 Å². The van der Waals surface area contributed by atoms with Crippen molar-refractivity contribution >= 4 is 0 Å². The van der Waals surface area contributed by atoms with E-state index in [1.165, 1.54) is 218 Å². The molecule has 236 valence electrons. The topological polar surface area (TPSA) is 26.0 Å². The minimum atomic E-state index is 0.874. The Morgan fingerprint density at radius 2 is 0.410 bits per heavy atom. The highest BCUT2D eigenvalue weighted by atomic mass is 14.5. The molecular formula is C38H79N. The Morgan fingerprint density at radius 1 is 0.256 bits per heavy atom. The Kier molecular flexibility index (Phi) is 35.9. The van der Waals surface area contributed by atoms with Crippen LogP contribution in [0.5, 0.6) is 0 Å². The quantitative estimate of drug-likeness (QED) is 0.0781. The van der Waals surface area contributed by atoms with E-state index in [-0.39, 0.29) is 0 Å². The SMILES string of the molecule is CC(C)CCCCCCCCCCCCCCCCCCCCCCCCCCCCCCCCCCCN. The molecule has 2 N–H and O–H groups in total. The third kappa shape index (κ3) is 38.0. The second kappa shape index (κ2) is 36.0. The number of rotatable bonds is 35. The van der Waals surface area contributed by atoms with Crippen molar-refractivity contribution in [2.45, 2.75) is 232 Å². The predicted octanol–water partition coefficient (Wildman–Crippen LogP) is 13.9. The Bertz CT molecular complexity index is 404. The van der Waals surface area contributed by atoms with Gasteiger partial charge in [-0.05, 0) is 18.9 Å². The largest absolute Gasteiger partial charge is 0.330 e. The van der Waals surface area contributed by atoms with Crippen LogP contribution in [-0.2, 0) is 0 Å². The van der Waals surface area contributed by atoms with Gasteiger partial charge in [0.1, 0.15) is 0 Å². The van der Waals surface area contributed by atoms with E-state index < -0.39 is 0 Å². The Balaban J connectivity index is 3.02. The summed E-state index contributed by atoms with van der Waals surface area (Å²) >= 11 is 0. The van der Waals surface area contributed by atoms with E-state index in [4.69, 9.17) is 5.73 Å². The van der Waals surface area contributed by atoms with E-state index >= 15 is 0 Å². The van der Waals surface area contributed by atoms with E-state index in [0.717, 1.165) is 12.5 Å². The maximum atomic E-state index is 5.55. The van der Waals surface area contributed by atoms with Gasteiger partial charge in [-0.1, -0.05) is 226 Å². The lowest BCUT2D eigenvalue weighted by Crippen LogP contribution is -1.97. The molecule has 0 unspecified atom stereocenters. The summed E-state index contributed by atoms with van der Waals surface area (Å²) in [5.74, 6) is 0.895. The molecule has 0 fully saturated rings. The van der Waals surface area contributed by atoms with Gasteiger partial charge < -0.3 is 5.73 Å². The smallest absolute Gasteiger partial charge is 0.00773 e. The molecule has 0 atom stereocenters. The van der Waals surface area contributed by atoms with E-state index in [0.29, 0.717) is 0 Å². The summed E-state index contributed by atoms with van der Waals surface area (Å²) in [6.45, 7) is 5.57. The summed E-state index contributed by atoms with van der Waals surface area (Å²) in [7, 11) is 0. The molecule has 0 radical (unpaired) electrons. The highest BCUT2D eigenvalue weighted by molar-refractivity contribution is 4.53. The second-order valence-corrected chi connectivity index (χ2v) is 13.6. The lowest BCUT2D eigenvalue weighted by molar-refractivity contribution is 0.500. The van der Waals surface area contributed by atoms with Crippen LogP contribution in [-0.4, -0.2) is 6.54 Å². The van der Waals surface area contributed by atoms with E-state index in [2.05, 4.69) is 13.8 Å². The summed E-state index contributed by atoms with van der Waals surface area (Å²) in [5.41, 5.74) is 5.55. The van der Waals surface area contributed by atoms with Crippen LogP contribution in [0.15, 0.2) is 0 Å². The molecule has 0 aliphatic carbocycles. The van der Waals surface area contributed by atoms with Gasteiger partial charge in [-0.25, -0.2) is 0 Å². The molecule has 1 heteroatoms. The van der Waals surface area contributed by atoms with Crippen molar-refractivity contribution in [3.63, 3.8) is 0 Å². The normalized spacial score (nSPS) is 11.7. The first-order chi connectivity index (χ1) is 19.3. The molecule has 0 rings (SSSR count). The molecular weight excluding hydrogens is 470 g/mol. The molecule has 0 bridgehead atoms. The first-order valence-electron chi connectivity index (χ1n) is 19.0. The maximum absolute atomic E-state index is 5.55. The number of unbranched alkanes of at least 4 members (excludes halogenated alkanes) is 32. The van der Waals surface area contributed by atoms with Gasteiger partial charge in [-0.2, -0.15) is 0 Å². The zero-order valence-corrected chi connectivity index (χ0v) is 27.9. The molecule has 0 aliphatic heterocycles. The number of hydrogen-bond acceptors (Lipinski definition) is 1. The average Bonchev–Trinajstić information content (AvgIpc) is 2.93. The Hall–Kier alpha value is -0.0400. The summed E-state index contributed by atoms with van der Waals surface area (Å²) < 4.78 is 0. The van der Waals surface area contributed by atoms with Crippen LogP contribution in [0.3, 0.4) is 0 Å². The number of hydrogen-bond donors (Lipinski definition) is 1. The molecule has 1 nitrogen and oxygen atoms in total. The van der Waals surface area contributed by atoms with Crippen LogP contribution in [0.4, 0.5) is 0 Å². The minimum absolute atomic E-state index is 0.874. The monoisotopic (exact) mass is 550 g/mol. The van der Waals surface area contributed by atoms with Crippen molar-refractivity contribution in [1.29, 1.82) is 0 Å². The second-order valence-electron chi connectivity index (χ2n) is 13.6. The summed E-state index contributed by atoms with van der Waals surface area (Å²) in [5, 5.41) is 0. The lowest BCUT2D eigenvalue weighted by atomic mass is 10.0. The van der Waals surface area contributed by atoms with Crippen molar-refractivity contribution in [3.05, 3.63) is 0 Å². The molecule has 0 aromatic carbocycles. The fourth-order valence-corrected chi connectivity index (χ4v) is 6.18. The van der Waals surface area contributed by atoms with Gasteiger partial charge in [0.15, 0.2) is 0 Å². The van der Waals surface area contributed by atoms with Gasteiger partial charge in [0.05, 0.1) is 0 Å². The van der Waals surface area contributed by atoms with Gasteiger partial charge in [-0.3, -0.25) is 0 Å².